The predicted octanol–water partition coefficient (Wildman–Crippen LogP) is 2.40. The number of hydrogen-bond donors (Lipinski definition) is 1. The summed E-state index contributed by atoms with van der Waals surface area (Å²) in [6.45, 7) is 0. The molecule has 0 spiro atoms. The number of fused-ring (bicyclic) bond motifs is 2. The van der Waals surface area contributed by atoms with Crippen LogP contribution in [0.25, 0.3) is 0 Å². The molecule has 1 aromatic rings. The standard InChI is InChI=1S/C15H19NO2/c1-18-13-6-2-4-11(8-13)15-7-3-5-12(9-15)16-14(17)10-15/h2,4,6,8,12H,3,5,7,9-10H2,1H3,(H,16,17)/t12-,15-/m0/s1. The van der Waals surface area contributed by atoms with E-state index in [4.69, 9.17) is 4.74 Å². The number of rotatable bonds is 2. The summed E-state index contributed by atoms with van der Waals surface area (Å²) in [6, 6.07) is 8.60. The van der Waals surface area contributed by atoms with Crippen molar-refractivity contribution in [3.8, 4) is 5.75 Å². The minimum atomic E-state index is 0.0415. The molecule has 2 fully saturated rings. The van der Waals surface area contributed by atoms with E-state index in [0.29, 0.717) is 12.5 Å². The summed E-state index contributed by atoms with van der Waals surface area (Å²) in [5.41, 5.74) is 1.31. The molecule has 3 nitrogen and oxygen atoms in total. The summed E-state index contributed by atoms with van der Waals surface area (Å²) in [6.07, 6.45) is 5.13. The van der Waals surface area contributed by atoms with E-state index in [9.17, 15) is 4.79 Å². The molecule has 1 heterocycles. The lowest BCUT2D eigenvalue weighted by Crippen LogP contribution is -2.52. The number of hydrogen-bond acceptors (Lipinski definition) is 2. The normalized spacial score (nSPS) is 30.7. The van der Waals surface area contributed by atoms with E-state index in [0.717, 1.165) is 25.0 Å². The molecule has 1 saturated carbocycles. The largest absolute Gasteiger partial charge is 0.497 e. The van der Waals surface area contributed by atoms with Crippen LogP contribution in [-0.4, -0.2) is 19.1 Å². The van der Waals surface area contributed by atoms with E-state index in [2.05, 4.69) is 17.4 Å². The Morgan fingerprint density at radius 1 is 1.44 bits per heavy atom. The molecule has 2 aliphatic rings. The molecule has 3 rings (SSSR count). The van der Waals surface area contributed by atoms with Crippen molar-refractivity contribution in [3.63, 3.8) is 0 Å². The molecule has 2 bridgehead atoms. The molecule has 1 aliphatic carbocycles. The van der Waals surface area contributed by atoms with Gasteiger partial charge in [-0.2, -0.15) is 0 Å². The Hall–Kier alpha value is -1.51. The molecule has 1 amide bonds. The first kappa shape index (κ1) is 11.6. The van der Waals surface area contributed by atoms with Crippen LogP contribution in [0, 0.1) is 0 Å². The van der Waals surface area contributed by atoms with Crippen LogP contribution in [0.4, 0.5) is 0 Å². The zero-order chi connectivity index (χ0) is 12.6. The second-order valence-electron chi connectivity index (χ2n) is 5.55. The number of ether oxygens (including phenoxy) is 1. The van der Waals surface area contributed by atoms with Crippen LogP contribution in [0.3, 0.4) is 0 Å². The first-order valence-electron chi connectivity index (χ1n) is 6.66. The predicted molar refractivity (Wildman–Crippen MR) is 69.7 cm³/mol. The Morgan fingerprint density at radius 3 is 3.17 bits per heavy atom. The Bertz CT molecular complexity index is 471. The maximum Gasteiger partial charge on any atom is 0.221 e. The van der Waals surface area contributed by atoms with E-state index in [1.807, 2.05) is 12.1 Å². The van der Waals surface area contributed by atoms with Crippen LogP contribution in [-0.2, 0) is 10.2 Å². The second-order valence-corrected chi connectivity index (χ2v) is 5.55. The van der Waals surface area contributed by atoms with E-state index >= 15 is 0 Å². The Morgan fingerprint density at radius 2 is 2.33 bits per heavy atom. The van der Waals surface area contributed by atoms with Crippen LogP contribution in [0.15, 0.2) is 24.3 Å². The lowest BCUT2D eigenvalue weighted by molar-refractivity contribution is -0.126. The summed E-state index contributed by atoms with van der Waals surface area (Å²) >= 11 is 0. The van der Waals surface area contributed by atoms with Gasteiger partial charge in [0.2, 0.25) is 5.91 Å². The van der Waals surface area contributed by atoms with E-state index in [1.165, 1.54) is 12.0 Å². The summed E-state index contributed by atoms with van der Waals surface area (Å²) in [5.74, 6) is 1.09. The molecular formula is C15H19NO2. The SMILES string of the molecule is COc1cccc([C@@]23CCC[C@@H](C2)NC(=O)C3)c1. The van der Waals surface area contributed by atoms with Gasteiger partial charge < -0.3 is 10.1 Å². The molecule has 96 valence electrons. The highest BCUT2D eigenvalue weighted by Crippen LogP contribution is 2.45. The van der Waals surface area contributed by atoms with Gasteiger partial charge in [-0.15, -0.1) is 0 Å². The van der Waals surface area contributed by atoms with Gasteiger partial charge in [0.05, 0.1) is 7.11 Å². The Balaban J connectivity index is 1.98. The van der Waals surface area contributed by atoms with Gasteiger partial charge in [0.25, 0.3) is 0 Å². The van der Waals surface area contributed by atoms with Gasteiger partial charge in [0, 0.05) is 17.9 Å². The van der Waals surface area contributed by atoms with Crippen LogP contribution in [0.1, 0.15) is 37.7 Å². The molecule has 1 aromatic carbocycles. The molecule has 1 aliphatic heterocycles. The number of piperidine rings is 1. The highest BCUT2D eigenvalue weighted by atomic mass is 16.5. The third-order valence-electron chi connectivity index (χ3n) is 4.39. The highest BCUT2D eigenvalue weighted by molar-refractivity contribution is 5.79. The topological polar surface area (TPSA) is 38.3 Å². The molecule has 1 N–H and O–H groups in total. The number of benzene rings is 1. The lowest BCUT2D eigenvalue weighted by atomic mass is 9.64. The summed E-state index contributed by atoms with van der Waals surface area (Å²) < 4.78 is 5.31. The Kier molecular flexibility index (Phi) is 2.77. The number of carbonyl (C=O) groups excluding carboxylic acids is 1. The maximum atomic E-state index is 11.9. The van der Waals surface area contributed by atoms with Crippen LogP contribution < -0.4 is 10.1 Å². The number of amides is 1. The van der Waals surface area contributed by atoms with Crippen LogP contribution >= 0.6 is 0 Å². The van der Waals surface area contributed by atoms with Crippen molar-refractivity contribution in [2.75, 3.05) is 7.11 Å². The summed E-state index contributed by atoms with van der Waals surface area (Å²) in [4.78, 5) is 11.9. The van der Waals surface area contributed by atoms with E-state index in [1.54, 1.807) is 7.11 Å². The molecule has 0 unspecified atom stereocenters. The molecule has 0 aromatic heterocycles. The van der Waals surface area contributed by atoms with Crippen molar-refractivity contribution in [1.29, 1.82) is 0 Å². The average Bonchev–Trinajstić information content (AvgIpc) is 2.38. The van der Waals surface area contributed by atoms with Gasteiger partial charge in [0.15, 0.2) is 0 Å². The average molecular weight is 245 g/mol. The fourth-order valence-corrected chi connectivity index (χ4v) is 3.55. The van der Waals surface area contributed by atoms with Crippen molar-refractivity contribution in [3.05, 3.63) is 29.8 Å². The smallest absolute Gasteiger partial charge is 0.221 e. The molecule has 3 heteroatoms. The minimum Gasteiger partial charge on any atom is -0.497 e. The molecule has 2 atom stereocenters. The van der Waals surface area contributed by atoms with Gasteiger partial charge in [-0.05, 0) is 37.0 Å². The third kappa shape index (κ3) is 1.88. The lowest BCUT2D eigenvalue weighted by Gasteiger charge is -2.45. The van der Waals surface area contributed by atoms with Crippen molar-refractivity contribution < 1.29 is 9.53 Å². The van der Waals surface area contributed by atoms with Crippen LogP contribution in [0.5, 0.6) is 5.75 Å². The van der Waals surface area contributed by atoms with Gasteiger partial charge in [-0.3, -0.25) is 4.79 Å². The van der Waals surface area contributed by atoms with Gasteiger partial charge in [0.1, 0.15) is 5.75 Å². The van der Waals surface area contributed by atoms with Crippen molar-refractivity contribution in [2.45, 2.75) is 43.6 Å². The first-order chi connectivity index (χ1) is 8.72. The highest BCUT2D eigenvalue weighted by Gasteiger charge is 2.43. The van der Waals surface area contributed by atoms with Gasteiger partial charge in [-0.25, -0.2) is 0 Å². The van der Waals surface area contributed by atoms with Gasteiger partial charge in [-0.1, -0.05) is 18.6 Å². The first-order valence-corrected chi connectivity index (χ1v) is 6.66. The fraction of sp³-hybridized carbons (Fsp3) is 0.533. The number of nitrogens with one attached hydrogen (secondary N) is 1. The number of carbonyl (C=O) groups is 1. The monoisotopic (exact) mass is 245 g/mol. The second kappa shape index (κ2) is 4.30. The quantitative estimate of drug-likeness (QED) is 0.869. The molecule has 0 radical (unpaired) electrons. The maximum absolute atomic E-state index is 11.9. The summed E-state index contributed by atoms with van der Waals surface area (Å²) in [5, 5.41) is 3.10. The van der Waals surface area contributed by atoms with E-state index in [-0.39, 0.29) is 11.3 Å². The zero-order valence-electron chi connectivity index (χ0n) is 10.7. The fourth-order valence-electron chi connectivity index (χ4n) is 3.55. The zero-order valence-corrected chi connectivity index (χ0v) is 10.7. The van der Waals surface area contributed by atoms with Crippen molar-refractivity contribution >= 4 is 5.91 Å². The van der Waals surface area contributed by atoms with Crippen molar-refractivity contribution in [2.24, 2.45) is 0 Å². The summed E-state index contributed by atoms with van der Waals surface area (Å²) in [7, 11) is 1.69. The Labute approximate surface area is 108 Å². The number of methoxy groups -OCH3 is 1. The third-order valence-corrected chi connectivity index (χ3v) is 4.39. The van der Waals surface area contributed by atoms with E-state index < -0.39 is 0 Å². The molecule has 1 saturated heterocycles. The van der Waals surface area contributed by atoms with Crippen molar-refractivity contribution in [1.82, 2.24) is 5.32 Å². The van der Waals surface area contributed by atoms with Crippen LogP contribution in [0.2, 0.25) is 0 Å². The minimum absolute atomic E-state index is 0.0415. The molecule has 18 heavy (non-hydrogen) atoms. The van der Waals surface area contributed by atoms with Gasteiger partial charge >= 0.3 is 0 Å². The molecular weight excluding hydrogens is 226 g/mol.